The van der Waals surface area contributed by atoms with Gasteiger partial charge in [-0.3, -0.25) is 9.48 Å². The molecule has 0 fully saturated rings. The van der Waals surface area contributed by atoms with Gasteiger partial charge in [0, 0.05) is 45.0 Å². The number of nitrogens with one attached hydrogen (secondary N) is 2. The maximum atomic E-state index is 11.7. The van der Waals surface area contributed by atoms with Crippen LogP contribution in [0, 0.1) is 0 Å². The minimum Gasteiger partial charge on any atom is -0.312 e. The van der Waals surface area contributed by atoms with Gasteiger partial charge in [-0.05, 0) is 6.92 Å². The molecule has 0 aromatic carbocycles. The zero-order chi connectivity index (χ0) is 13.1. The number of anilines is 1. The molecule has 6 heteroatoms. The summed E-state index contributed by atoms with van der Waals surface area (Å²) in [5, 5.41) is 10.5. The lowest BCUT2D eigenvalue weighted by Gasteiger charge is -2.13. The fraction of sp³-hybridized carbons (Fsp3) is 0.583. The quantitative estimate of drug-likeness (QED) is 0.809. The average Bonchev–Trinajstić information content (AvgIpc) is 2.64. The SMILES string of the molecule is CC(=O)CCC(=O)Nc1c2c(nn1C)CCNC2. The summed E-state index contributed by atoms with van der Waals surface area (Å²) >= 11 is 0. The summed E-state index contributed by atoms with van der Waals surface area (Å²) in [5.41, 5.74) is 2.10. The highest BCUT2D eigenvalue weighted by molar-refractivity contribution is 5.93. The molecule has 18 heavy (non-hydrogen) atoms. The van der Waals surface area contributed by atoms with E-state index in [4.69, 9.17) is 0 Å². The Bertz CT molecular complexity index is 479. The van der Waals surface area contributed by atoms with Crippen molar-refractivity contribution in [1.82, 2.24) is 15.1 Å². The van der Waals surface area contributed by atoms with Crippen LogP contribution in [0.5, 0.6) is 0 Å². The largest absolute Gasteiger partial charge is 0.312 e. The van der Waals surface area contributed by atoms with E-state index in [0.717, 1.165) is 36.6 Å². The summed E-state index contributed by atoms with van der Waals surface area (Å²) in [4.78, 5) is 22.6. The van der Waals surface area contributed by atoms with Crippen molar-refractivity contribution < 1.29 is 9.59 Å². The van der Waals surface area contributed by atoms with Crippen LogP contribution in [0.15, 0.2) is 0 Å². The summed E-state index contributed by atoms with van der Waals surface area (Å²) < 4.78 is 1.70. The molecule has 1 amide bonds. The lowest BCUT2D eigenvalue weighted by molar-refractivity contribution is -0.121. The number of aromatic nitrogens is 2. The number of hydrogen-bond donors (Lipinski definition) is 2. The van der Waals surface area contributed by atoms with Crippen LogP contribution in [0.4, 0.5) is 5.82 Å². The van der Waals surface area contributed by atoms with Gasteiger partial charge in [-0.1, -0.05) is 0 Å². The van der Waals surface area contributed by atoms with E-state index in [1.807, 2.05) is 7.05 Å². The van der Waals surface area contributed by atoms with E-state index in [-0.39, 0.29) is 24.5 Å². The van der Waals surface area contributed by atoms with Crippen LogP contribution in [-0.4, -0.2) is 28.0 Å². The number of carbonyl (C=O) groups excluding carboxylic acids is 2. The summed E-state index contributed by atoms with van der Waals surface area (Å²) in [7, 11) is 1.82. The molecule has 6 nitrogen and oxygen atoms in total. The monoisotopic (exact) mass is 250 g/mol. The maximum Gasteiger partial charge on any atom is 0.225 e. The highest BCUT2D eigenvalue weighted by Gasteiger charge is 2.20. The summed E-state index contributed by atoms with van der Waals surface area (Å²) in [6.45, 7) is 3.14. The van der Waals surface area contributed by atoms with Crippen LogP contribution in [0.25, 0.3) is 0 Å². The minimum atomic E-state index is -0.137. The van der Waals surface area contributed by atoms with Crippen molar-refractivity contribution in [2.24, 2.45) is 7.05 Å². The second kappa shape index (κ2) is 5.30. The maximum absolute atomic E-state index is 11.7. The first-order chi connectivity index (χ1) is 8.58. The third-order valence-electron chi connectivity index (χ3n) is 3.03. The molecule has 2 rings (SSSR count). The molecule has 1 aliphatic heterocycles. The number of fused-ring (bicyclic) bond motifs is 1. The van der Waals surface area contributed by atoms with Gasteiger partial charge in [0.05, 0.1) is 5.69 Å². The zero-order valence-corrected chi connectivity index (χ0v) is 10.7. The van der Waals surface area contributed by atoms with Crippen molar-refractivity contribution in [2.45, 2.75) is 32.7 Å². The van der Waals surface area contributed by atoms with Crippen LogP contribution >= 0.6 is 0 Å². The molecular formula is C12H18N4O2. The van der Waals surface area contributed by atoms with Gasteiger partial charge < -0.3 is 15.4 Å². The third kappa shape index (κ3) is 2.76. The first-order valence-corrected chi connectivity index (χ1v) is 6.12. The second-order valence-corrected chi connectivity index (χ2v) is 4.57. The molecule has 0 aliphatic carbocycles. The number of carbonyl (C=O) groups is 2. The summed E-state index contributed by atoms with van der Waals surface area (Å²) in [6, 6.07) is 0. The molecule has 2 N–H and O–H groups in total. The van der Waals surface area contributed by atoms with E-state index >= 15 is 0 Å². The van der Waals surface area contributed by atoms with Crippen molar-refractivity contribution in [3.05, 3.63) is 11.3 Å². The first-order valence-electron chi connectivity index (χ1n) is 6.12. The fourth-order valence-corrected chi connectivity index (χ4v) is 2.07. The predicted molar refractivity (Wildman–Crippen MR) is 67.2 cm³/mol. The number of ketones is 1. The highest BCUT2D eigenvalue weighted by atomic mass is 16.2. The van der Waals surface area contributed by atoms with Crippen LogP contribution < -0.4 is 10.6 Å². The smallest absolute Gasteiger partial charge is 0.225 e. The topological polar surface area (TPSA) is 76.0 Å². The van der Waals surface area contributed by atoms with Gasteiger partial charge in [0.2, 0.25) is 5.91 Å². The Balaban J connectivity index is 2.07. The molecular weight excluding hydrogens is 232 g/mol. The third-order valence-corrected chi connectivity index (χ3v) is 3.03. The number of amides is 1. The molecule has 0 unspecified atom stereocenters. The Morgan fingerprint density at radius 1 is 1.44 bits per heavy atom. The van der Waals surface area contributed by atoms with Crippen molar-refractivity contribution in [2.75, 3.05) is 11.9 Å². The van der Waals surface area contributed by atoms with Crippen molar-refractivity contribution >= 4 is 17.5 Å². The van der Waals surface area contributed by atoms with Crippen molar-refractivity contribution in [3.63, 3.8) is 0 Å². The standard InChI is InChI=1S/C12H18N4O2/c1-8(17)3-4-11(18)14-12-9-7-13-6-5-10(9)15-16(12)2/h13H,3-7H2,1-2H3,(H,14,18). The molecule has 0 saturated carbocycles. The number of Topliss-reactive ketones (excluding diaryl/α,β-unsaturated/α-hetero) is 1. The van der Waals surface area contributed by atoms with E-state index < -0.39 is 0 Å². The molecule has 2 heterocycles. The minimum absolute atomic E-state index is 0.0267. The Hall–Kier alpha value is -1.69. The van der Waals surface area contributed by atoms with Gasteiger partial charge in [0.15, 0.2) is 0 Å². The molecule has 0 bridgehead atoms. The lowest BCUT2D eigenvalue weighted by atomic mass is 10.1. The number of rotatable bonds is 4. The van der Waals surface area contributed by atoms with E-state index in [9.17, 15) is 9.59 Å². The normalized spacial score (nSPS) is 14.1. The fourth-order valence-electron chi connectivity index (χ4n) is 2.07. The van der Waals surface area contributed by atoms with Gasteiger partial charge >= 0.3 is 0 Å². The van der Waals surface area contributed by atoms with E-state index in [2.05, 4.69) is 15.7 Å². The molecule has 1 aromatic rings. The molecule has 1 aromatic heterocycles. The summed E-state index contributed by atoms with van der Waals surface area (Å²) in [6.07, 6.45) is 1.39. The first kappa shape index (κ1) is 12.8. The van der Waals surface area contributed by atoms with Gasteiger partial charge in [-0.15, -0.1) is 0 Å². The molecule has 0 saturated heterocycles. The Morgan fingerprint density at radius 3 is 2.94 bits per heavy atom. The zero-order valence-electron chi connectivity index (χ0n) is 10.7. The van der Waals surface area contributed by atoms with Crippen LogP contribution in [0.3, 0.4) is 0 Å². The van der Waals surface area contributed by atoms with Gasteiger partial charge in [0.1, 0.15) is 11.6 Å². The number of hydrogen-bond acceptors (Lipinski definition) is 4. The molecule has 98 valence electrons. The average molecular weight is 250 g/mol. The second-order valence-electron chi connectivity index (χ2n) is 4.57. The Labute approximate surface area is 106 Å². The molecule has 0 atom stereocenters. The van der Waals surface area contributed by atoms with Crippen molar-refractivity contribution in [1.29, 1.82) is 0 Å². The van der Waals surface area contributed by atoms with E-state index in [1.165, 1.54) is 6.92 Å². The van der Waals surface area contributed by atoms with Crippen LogP contribution in [-0.2, 0) is 29.6 Å². The number of aryl methyl sites for hydroxylation is 1. The van der Waals surface area contributed by atoms with Crippen molar-refractivity contribution in [3.8, 4) is 0 Å². The van der Waals surface area contributed by atoms with E-state index in [0.29, 0.717) is 0 Å². The Morgan fingerprint density at radius 2 is 2.22 bits per heavy atom. The lowest BCUT2D eigenvalue weighted by Crippen LogP contribution is -2.24. The molecule has 0 spiro atoms. The molecule has 1 aliphatic rings. The van der Waals surface area contributed by atoms with Gasteiger partial charge in [-0.25, -0.2) is 0 Å². The summed E-state index contributed by atoms with van der Waals surface area (Å²) in [5.74, 6) is 0.631. The van der Waals surface area contributed by atoms with Crippen LogP contribution in [0.2, 0.25) is 0 Å². The Kier molecular flexibility index (Phi) is 3.76. The predicted octanol–water partition coefficient (Wildman–Crippen LogP) is 0.373. The van der Waals surface area contributed by atoms with Gasteiger partial charge in [0.25, 0.3) is 0 Å². The number of nitrogens with zero attached hydrogens (tertiary/aromatic N) is 2. The molecule has 0 radical (unpaired) electrons. The highest BCUT2D eigenvalue weighted by Crippen LogP contribution is 2.22. The van der Waals surface area contributed by atoms with Crippen LogP contribution in [0.1, 0.15) is 31.0 Å². The van der Waals surface area contributed by atoms with E-state index in [1.54, 1.807) is 4.68 Å². The van der Waals surface area contributed by atoms with Gasteiger partial charge in [-0.2, -0.15) is 5.10 Å².